The Bertz CT molecular complexity index is 233. The van der Waals surface area contributed by atoms with Crippen molar-refractivity contribution in [3.8, 4) is 0 Å². The van der Waals surface area contributed by atoms with Crippen molar-refractivity contribution in [1.82, 2.24) is 9.44 Å². The van der Waals surface area contributed by atoms with Gasteiger partial charge in [0.15, 0.2) is 0 Å². The van der Waals surface area contributed by atoms with Crippen LogP contribution in [0.1, 0.15) is 26.2 Å². The van der Waals surface area contributed by atoms with Crippen LogP contribution in [0.25, 0.3) is 0 Å². The van der Waals surface area contributed by atoms with Crippen molar-refractivity contribution < 1.29 is 13.5 Å². The highest BCUT2D eigenvalue weighted by molar-refractivity contribution is 7.87. The van der Waals surface area contributed by atoms with Gasteiger partial charge >= 0.3 is 0 Å². The van der Waals surface area contributed by atoms with E-state index in [-0.39, 0.29) is 6.04 Å². The Labute approximate surface area is 72.3 Å². The van der Waals surface area contributed by atoms with Gasteiger partial charge in [-0.3, -0.25) is 0 Å². The predicted octanol–water partition coefficient (Wildman–Crippen LogP) is -0.699. The first kappa shape index (κ1) is 9.91. The Morgan fingerprint density at radius 1 is 1.50 bits per heavy atom. The minimum atomic E-state index is -3.49. The third-order valence-electron chi connectivity index (χ3n) is 1.75. The maximum absolute atomic E-state index is 11.1. The number of nitrogens with one attached hydrogen (secondary N) is 2. The topological polar surface area (TPSA) is 78.4 Å². The lowest BCUT2D eigenvalue weighted by Crippen LogP contribution is -2.48. The number of aliphatic hydroxyl groups excluding tert-OH is 1. The van der Waals surface area contributed by atoms with Gasteiger partial charge < -0.3 is 5.11 Å². The molecule has 1 unspecified atom stereocenters. The smallest absolute Gasteiger partial charge is 0.279 e. The summed E-state index contributed by atoms with van der Waals surface area (Å²) in [5.74, 6) is 0. The average molecular weight is 194 g/mol. The molecular weight excluding hydrogens is 180 g/mol. The van der Waals surface area contributed by atoms with Gasteiger partial charge in [-0.1, -0.05) is 6.42 Å². The Morgan fingerprint density at radius 3 is 2.42 bits per heavy atom. The molecule has 1 saturated carbocycles. The molecule has 12 heavy (non-hydrogen) atoms. The molecule has 0 amide bonds. The van der Waals surface area contributed by atoms with Crippen molar-refractivity contribution in [3.63, 3.8) is 0 Å². The van der Waals surface area contributed by atoms with Crippen molar-refractivity contribution in [2.45, 2.75) is 38.5 Å². The molecule has 3 N–H and O–H groups in total. The maximum Gasteiger partial charge on any atom is 0.279 e. The molecule has 1 aliphatic rings. The van der Waals surface area contributed by atoms with Gasteiger partial charge in [0.25, 0.3) is 10.2 Å². The molecule has 72 valence electrons. The second-order valence-corrected chi connectivity index (χ2v) is 4.52. The van der Waals surface area contributed by atoms with E-state index in [9.17, 15) is 8.42 Å². The fourth-order valence-electron chi connectivity index (χ4n) is 1.00. The van der Waals surface area contributed by atoms with Crippen molar-refractivity contribution in [2.24, 2.45) is 0 Å². The first-order valence-electron chi connectivity index (χ1n) is 3.97. The van der Waals surface area contributed by atoms with Gasteiger partial charge in [0, 0.05) is 6.04 Å². The molecule has 0 radical (unpaired) electrons. The normalized spacial score (nSPS) is 21.8. The van der Waals surface area contributed by atoms with Gasteiger partial charge in [-0.05, 0) is 19.8 Å². The predicted molar refractivity (Wildman–Crippen MR) is 44.5 cm³/mol. The second-order valence-electron chi connectivity index (χ2n) is 3.04. The number of hydrogen-bond donors (Lipinski definition) is 3. The highest BCUT2D eigenvalue weighted by Gasteiger charge is 2.23. The van der Waals surface area contributed by atoms with E-state index in [2.05, 4.69) is 4.72 Å². The standard InChI is InChI=1S/C6H14N2O3S/c1-5(9)7-12(10,11)8-6-3-2-4-6/h5-9H,2-4H2,1H3. The van der Waals surface area contributed by atoms with Crippen LogP contribution < -0.4 is 9.44 Å². The van der Waals surface area contributed by atoms with Crippen molar-refractivity contribution in [2.75, 3.05) is 0 Å². The minimum absolute atomic E-state index is 0.0567. The molecule has 1 aliphatic carbocycles. The van der Waals surface area contributed by atoms with E-state index in [0.717, 1.165) is 19.3 Å². The van der Waals surface area contributed by atoms with Gasteiger partial charge in [-0.25, -0.2) is 0 Å². The molecule has 5 nitrogen and oxygen atoms in total. The summed E-state index contributed by atoms with van der Waals surface area (Å²) < 4.78 is 26.6. The zero-order valence-corrected chi connectivity index (χ0v) is 7.76. The molecule has 1 atom stereocenters. The molecule has 0 aromatic rings. The largest absolute Gasteiger partial charge is 0.378 e. The summed E-state index contributed by atoms with van der Waals surface area (Å²) in [7, 11) is -3.49. The molecule has 0 aromatic heterocycles. The average Bonchev–Trinajstić information content (AvgIpc) is 1.76. The Morgan fingerprint density at radius 2 is 2.08 bits per heavy atom. The zero-order valence-electron chi connectivity index (χ0n) is 6.95. The SMILES string of the molecule is CC(O)NS(=O)(=O)NC1CCC1. The highest BCUT2D eigenvalue weighted by atomic mass is 32.2. The van der Waals surface area contributed by atoms with E-state index < -0.39 is 16.4 Å². The van der Waals surface area contributed by atoms with Gasteiger partial charge in [0.1, 0.15) is 6.23 Å². The molecule has 0 bridgehead atoms. The van der Waals surface area contributed by atoms with Gasteiger partial charge in [-0.15, -0.1) is 0 Å². The van der Waals surface area contributed by atoms with Gasteiger partial charge in [-0.2, -0.15) is 17.9 Å². The molecular formula is C6H14N2O3S. The summed E-state index contributed by atoms with van der Waals surface area (Å²) >= 11 is 0. The molecule has 1 rings (SSSR count). The Balaban J connectivity index is 2.37. The summed E-state index contributed by atoms with van der Waals surface area (Å²) in [6, 6.07) is 0.0567. The van der Waals surface area contributed by atoms with E-state index >= 15 is 0 Å². The molecule has 0 heterocycles. The van der Waals surface area contributed by atoms with Gasteiger partial charge in [0.2, 0.25) is 0 Å². The van der Waals surface area contributed by atoms with Crippen LogP contribution in [0, 0.1) is 0 Å². The van der Waals surface area contributed by atoms with Crippen molar-refractivity contribution in [3.05, 3.63) is 0 Å². The summed E-state index contributed by atoms with van der Waals surface area (Å²) in [5.41, 5.74) is 0. The summed E-state index contributed by atoms with van der Waals surface area (Å²) in [6.07, 6.45) is 1.81. The molecule has 0 aliphatic heterocycles. The van der Waals surface area contributed by atoms with Crippen LogP contribution in [-0.2, 0) is 10.2 Å². The summed E-state index contributed by atoms with van der Waals surface area (Å²) in [4.78, 5) is 0. The first-order valence-corrected chi connectivity index (χ1v) is 5.45. The molecule has 1 fully saturated rings. The number of rotatable bonds is 4. The third kappa shape index (κ3) is 3.06. The fraction of sp³-hybridized carbons (Fsp3) is 1.00. The van der Waals surface area contributed by atoms with Crippen LogP contribution in [0.15, 0.2) is 0 Å². The monoisotopic (exact) mass is 194 g/mol. The van der Waals surface area contributed by atoms with Gasteiger partial charge in [0.05, 0.1) is 0 Å². The van der Waals surface area contributed by atoms with E-state index in [1.807, 2.05) is 4.72 Å². The third-order valence-corrected chi connectivity index (χ3v) is 3.05. The fourth-order valence-corrected chi connectivity index (χ4v) is 2.20. The lowest BCUT2D eigenvalue weighted by atomic mass is 9.94. The molecule has 0 saturated heterocycles. The lowest BCUT2D eigenvalue weighted by Gasteiger charge is -2.26. The second kappa shape index (κ2) is 3.69. The van der Waals surface area contributed by atoms with E-state index in [1.54, 1.807) is 0 Å². The van der Waals surface area contributed by atoms with Crippen molar-refractivity contribution >= 4 is 10.2 Å². The van der Waals surface area contributed by atoms with Crippen LogP contribution in [0.3, 0.4) is 0 Å². The Hall–Kier alpha value is -0.170. The van der Waals surface area contributed by atoms with Crippen LogP contribution in [0.5, 0.6) is 0 Å². The molecule has 6 heteroatoms. The van der Waals surface area contributed by atoms with Crippen LogP contribution in [-0.4, -0.2) is 25.8 Å². The minimum Gasteiger partial charge on any atom is -0.378 e. The molecule has 0 aromatic carbocycles. The summed E-state index contributed by atoms with van der Waals surface area (Å²) in [6.45, 7) is 1.36. The quantitative estimate of drug-likeness (QED) is 0.518. The number of aliphatic hydroxyl groups is 1. The first-order chi connectivity index (χ1) is 5.49. The summed E-state index contributed by atoms with van der Waals surface area (Å²) in [5, 5.41) is 8.76. The van der Waals surface area contributed by atoms with Crippen LogP contribution >= 0.6 is 0 Å². The van der Waals surface area contributed by atoms with E-state index in [4.69, 9.17) is 5.11 Å². The Kier molecular flexibility index (Phi) is 3.05. The van der Waals surface area contributed by atoms with Crippen molar-refractivity contribution in [1.29, 1.82) is 0 Å². The van der Waals surface area contributed by atoms with Crippen LogP contribution in [0.2, 0.25) is 0 Å². The van der Waals surface area contributed by atoms with E-state index in [1.165, 1.54) is 6.92 Å². The van der Waals surface area contributed by atoms with Crippen LogP contribution in [0.4, 0.5) is 0 Å². The zero-order chi connectivity index (χ0) is 9.19. The number of hydrogen-bond acceptors (Lipinski definition) is 3. The highest BCUT2D eigenvalue weighted by Crippen LogP contribution is 2.18. The lowest BCUT2D eigenvalue weighted by molar-refractivity contribution is 0.182. The maximum atomic E-state index is 11.1. The van der Waals surface area contributed by atoms with E-state index in [0.29, 0.717) is 0 Å². The molecule has 0 spiro atoms.